The number of nitrogens with zero attached hydrogens (tertiary/aromatic N) is 2. The molecular formula is C15H19N3O5. The summed E-state index contributed by atoms with van der Waals surface area (Å²) in [5.74, 6) is -1.50. The Kier molecular flexibility index (Phi) is 5.64. The van der Waals surface area contributed by atoms with E-state index in [4.69, 9.17) is 0 Å². The van der Waals surface area contributed by atoms with Crippen molar-refractivity contribution in [3.05, 3.63) is 34.4 Å². The van der Waals surface area contributed by atoms with Crippen LogP contribution in [-0.4, -0.2) is 45.9 Å². The van der Waals surface area contributed by atoms with Crippen molar-refractivity contribution in [1.82, 2.24) is 4.90 Å². The summed E-state index contributed by atoms with van der Waals surface area (Å²) in [5, 5.41) is 22.6. The average Bonchev–Trinajstić information content (AvgIpc) is 2.53. The summed E-state index contributed by atoms with van der Waals surface area (Å²) < 4.78 is 0. The summed E-state index contributed by atoms with van der Waals surface area (Å²) in [4.78, 5) is 35.5. The van der Waals surface area contributed by atoms with Crippen LogP contribution < -0.4 is 5.32 Å². The summed E-state index contributed by atoms with van der Waals surface area (Å²) in [6, 6.07) is 4.70. The molecule has 1 atom stereocenters. The van der Waals surface area contributed by atoms with Gasteiger partial charge in [-0.05, 0) is 32.0 Å². The van der Waals surface area contributed by atoms with Crippen LogP contribution in [0.1, 0.15) is 25.7 Å². The van der Waals surface area contributed by atoms with Crippen molar-refractivity contribution in [2.75, 3.05) is 18.4 Å². The Balaban J connectivity index is 2.00. The van der Waals surface area contributed by atoms with Gasteiger partial charge in [0.25, 0.3) is 5.69 Å². The quantitative estimate of drug-likeness (QED) is 0.611. The number of carboxylic acids is 1. The molecule has 0 bridgehead atoms. The van der Waals surface area contributed by atoms with E-state index in [9.17, 15) is 24.8 Å². The predicted molar refractivity (Wildman–Crippen MR) is 83.2 cm³/mol. The molecule has 1 aromatic carbocycles. The fraction of sp³-hybridized carbons (Fsp3) is 0.467. The molecule has 1 heterocycles. The van der Waals surface area contributed by atoms with E-state index in [2.05, 4.69) is 5.32 Å². The zero-order valence-electron chi connectivity index (χ0n) is 12.6. The van der Waals surface area contributed by atoms with E-state index in [1.54, 1.807) is 4.90 Å². The second-order valence-electron chi connectivity index (χ2n) is 5.51. The lowest BCUT2D eigenvalue weighted by Gasteiger charge is -2.31. The SMILES string of the molecule is O=C(C[C@H](C(=O)O)N1CCCCC1)Nc1cccc([N+](=O)[O-])c1. The minimum absolute atomic E-state index is 0.131. The average molecular weight is 321 g/mol. The van der Waals surface area contributed by atoms with Gasteiger partial charge in [-0.1, -0.05) is 12.5 Å². The van der Waals surface area contributed by atoms with Gasteiger partial charge < -0.3 is 10.4 Å². The van der Waals surface area contributed by atoms with Gasteiger partial charge in [-0.2, -0.15) is 0 Å². The zero-order valence-corrected chi connectivity index (χ0v) is 12.6. The van der Waals surface area contributed by atoms with Crippen LogP contribution in [0.2, 0.25) is 0 Å². The molecule has 1 aromatic rings. The smallest absolute Gasteiger partial charge is 0.321 e. The third kappa shape index (κ3) is 4.75. The Morgan fingerprint density at radius 3 is 2.61 bits per heavy atom. The minimum atomic E-state index is -1.03. The summed E-state index contributed by atoms with van der Waals surface area (Å²) in [5.41, 5.74) is 0.153. The van der Waals surface area contributed by atoms with E-state index in [0.29, 0.717) is 13.1 Å². The number of hydrogen-bond donors (Lipinski definition) is 2. The largest absolute Gasteiger partial charge is 0.480 e. The van der Waals surface area contributed by atoms with Gasteiger partial charge in [-0.3, -0.25) is 24.6 Å². The number of aliphatic carboxylic acids is 1. The standard InChI is InChI=1S/C15H19N3O5/c19-14(16-11-5-4-6-12(9-11)18(22)23)10-13(15(20)21)17-7-2-1-3-8-17/h4-6,9,13H,1-3,7-8,10H2,(H,16,19)(H,20,21)/t13-/m1/s1. The Bertz CT molecular complexity index is 599. The number of nitro benzene ring substituents is 1. The first kappa shape index (κ1) is 16.9. The molecule has 1 fully saturated rings. The number of amides is 1. The number of hydrogen-bond acceptors (Lipinski definition) is 5. The Morgan fingerprint density at radius 1 is 1.30 bits per heavy atom. The molecule has 124 valence electrons. The fourth-order valence-corrected chi connectivity index (χ4v) is 2.69. The van der Waals surface area contributed by atoms with Crippen molar-refractivity contribution < 1.29 is 19.6 Å². The molecule has 2 rings (SSSR count). The highest BCUT2D eigenvalue weighted by molar-refractivity contribution is 5.94. The maximum atomic E-state index is 12.1. The van der Waals surface area contributed by atoms with E-state index in [1.165, 1.54) is 24.3 Å². The van der Waals surface area contributed by atoms with Crippen LogP contribution in [-0.2, 0) is 9.59 Å². The van der Waals surface area contributed by atoms with E-state index in [-0.39, 0.29) is 17.8 Å². The Labute approximate surface area is 133 Å². The van der Waals surface area contributed by atoms with Gasteiger partial charge in [-0.15, -0.1) is 0 Å². The summed E-state index contributed by atoms with van der Waals surface area (Å²) in [6.07, 6.45) is 2.74. The van der Waals surface area contributed by atoms with Crippen molar-refractivity contribution in [2.24, 2.45) is 0 Å². The number of non-ortho nitro benzene ring substituents is 1. The first-order valence-corrected chi connectivity index (χ1v) is 7.48. The van der Waals surface area contributed by atoms with E-state index in [1.807, 2.05) is 0 Å². The number of likely N-dealkylation sites (tertiary alicyclic amines) is 1. The number of nitro groups is 1. The number of nitrogens with one attached hydrogen (secondary N) is 1. The molecule has 0 unspecified atom stereocenters. The number of carbonyl (C=O) groups is 2. The van der Waals surface area contributed by atoms with Gasteiger partial charge in [0.05, 0.1) is 11.3 Å². The molecule has 23 heavy (non-hydrogen) atoms. The monoisotopic (exact) mass is 321 g/mol. The van der Waals surface area contributed by atoms with Crippen LogP contribution in [0, 0.1) is 10.1 Å². The number of piperidine rings is 1. The molecule has 8 nitrogen and oxygen atoms in total. The molecule has 1 saturated heterocycles. The lowest BCUT2D eigenvalue weighted by Crippen LogP contribution is -2.45. The van der Waals surface area contributed by atoms with Crippen LogP contribution in [0.15, 0.2) is 24.3 Å². The van der Waals surface area contributed by atoms with Gasteiger partial charge >= 0.3 is 5.97 Å². The molecule has 0 aliphatic carbocycles. The van der Waals surface area contributed by atoms with Gasteiger partial charge in [0, 0.05) is 17.8 Å². The number of carbonyl (C=O) groups excluding carboxylic acids is 1. The van der Waals surface area contributed by atoms with Crippen LogP contribution in [0.25, 0.3) is 0 Å². The zero-order chi connectivity index (χ0) is 16.8. The normalized spacial score (nSPS) is 16.5. The number of anilines is 1. The van der Waals surface area contributed by atoms with Crippen molar-refractivity contribution in [3.8, 4) is 0 Å². The molecular weight excluding hydrogens is 302 g/mol. The number of carboxylic acid groups (broad SMARTS) is 1. The molecule has 0 spiro atoms. The second kappa shape index (κ2) is 7.68. The molecule has 1 aliphatic rings. The predicted octanol–water partition coefficient (Wildman–Crippen LogP) is 1.86. The van der Waals surface area contributed by atoms with E-state index in [0.717, 1.165) is 19.3 Å². The summed E-state index contributed by atoms with van der Waals surface area (Å²) >= 11 is 0. The highest BCUT2D eigenvalue weighted by Crippen LogP contribution is 2.19. The third-order valence-corrected chi connectivity index (χ3v) is 3.84. The summed E-state index contributed by atoms with van der Waals surface area (Å²) in [7, 11) is 0. The molecule has 2 N–H and O–H groups in total. The van der Waals surface area contributed by atoms with Gasteiger partial charge in [0.15, 0.2) is 0 Å². The van der Waals surface area contributed by atoms with Crippen molar-refractivity contribution >= 4 is 23.3 Å². The maximum Gasteiger partial charge on any atom is 0.321 e. The first-order valence-electron chi connectivity index (χ1n) is 7.48. The van der Waals surface area contributed by atoms with Crippen LogP contribution in [0.5, 0.6) is 0 Å². The topological polar surface area (TPSA) is 113 Å². The lowest BCUT2D eigenvalue weighted by molar-refractivity contribution is -0.384. The first-order chi connectivity index (χ1) is 11.0. The molecule has 0 radical (unpaired) electrons. The second-order valence-corrected chi connectivity index (χ2v) is 5.51. The molecule has 1 aliphatic heterocycles. The molecule has 1 amide bonds. The van der Waals surface area contributed by atoms with Gasteiger partial charge in [0.1, 0.15) is 6.04 Å². The third-order valence-electron chi connectivity index (χ3n) is 3.84. The highest BCUT2D eigenvalue weighted by atomic mass is 16.6. The lowest BCUT2D eigenvalue weighted by atomic mass is 10.1. The van der Waals surface area contributed by atoms with Crippen LogP contribution in [0.4, 0.5) is 11.4 Å². The maximum absolute atomic E-state index is 12.1. The molecule has 0 aromatic heterocycles. The van der Waals surface area contributed by atoms with Crippen molar-refractivity contribution in [1.29, 1.82) is 0 Å². The number of benzene rings is 1. The molecule has 8 heteroatoms. The van der Waals surface area contributed by atoms with Crippen LogP contribution >= 0.6 is 0 Å². The Hall–Kier alpha value is -2.48. The van der Waals surface area contributed by atoms with Crippen molar-refractivity contribution in [2.45, 2.75) is 31.7 Å². The van der Waals surface area contributed by atoms with E-state index >= 15 is 0 Å². The van der Waals surface area contributed by atoms with Crippen LogP contribution in [0.3, 0.4) is 0 Å². The van der Waals surface area contributed by atoms with Gasteiger partial charge in [-0.25, -0.2) is 0 Å². The number of rotatable bonds is 6. The minimum Gasteiger partial charge on any atom is -0.480 e. The fourth-order valence-electron chi connectivity index (χ4n) is 2.69. The molecule has 0 saturated carbocycles. The summed E-state index contributed by atoms with van der Waals surface area (Å²) in [6.45, 7) is 1.34. The van der Waals surface area contributed by atoms with Gasteiger partial charge in [0.2, 0.25) is 5.91 Å². The Morgan fingerprint density at radius 2 is 2.00 bits per heavy atom. The highest BCUT2D eigenvalue weighted by Gasteiger charge is 2.29. The van der Waals surface area contributed by atoms with E-state index < -0.39 is 22.8 Å². The van der Waals surface area contributed by atoms with Crippen molar-refractivity contribution in [3.63, 3.8) is 0 Å².